The number of hydrogen-bond donors (Lipinski definition) is 1. The summed E-state index contributed by atoms with van der Waals surface area (Å²) in [5.41, 5.74) is 5.29. The summed E-state index contributed by atoms with van der Waals surface area (Å²) < 4.78 is 12.1. The zero-order chi connectivity index (χ0) is 20.8. The van der Waals surface area contributed by atoms with Crippen LogP contribution in [0.3, 0.4) is 0 Å². The van der Waals surface area contributed by atoms with Crippen LogP contribution >= 0.6 is 11.6 Å². The minimum atomic E-state index is -0.399. The van der Waals surface area contributed by atoms with E-state index in [0.717, 1.165) is 5.56 Å². The van der Waals surface area contributed by atoms with Crippen LogP contribution in [-0.4, -0.2) is 36.1 Å². The summed E-state index contributed by atoms with van der Waals surface area (Å²) in [6, 6.07) is 14.8. The van der Waals surface area contributed by atoms with Crippen LogP contribution in [0.4, 0.5) is 0 Å². The Bertz CT molecular complexity index is 1010. The highest BCUT2D eigenvalue weighted by Crippen LogP contribution is 2.22. The van der Waals surface area contributed by atoms with Crippen molar-refractivity contribution in [3.05, 3.63) is 76.1 Å². The monoisotopic (exact) mass is 412 g/mol. The van der Waals surface area contributed by atoms with Crippen LogP contribution in [0.5, 0.6) is 11.5 Å². The van der Waals surface area contributed by atoms with Crippen LogP contribution in [0, 0.1) is 6.92 Å². The summed E-state index contributed by atoms with van der Waals surface area (Å²) in [7, 11) is 3.04. The molecule has 0 spiro atoms. The Kier molecular flexibility index (Phi) is 6.51. The van der Waals surface area contributed by atoms with Crippen molar-refractivity contribution in [2.75, 3.05) is 14.2 Å². The molecule has 1 N–H and O–H groups in total. The molecule has 0 atom stereocenters. The average Bonchev–Trinajstić information content (AvgIpc) is 3.01. The Morgan fingerprint density at radius 2 is 1.83 bits per heavy atom. The molecule has 29 heavy (non-hydrogen) atoms. The Morgan fingerprint density at radius 3 is 2.45 bits per heavy atom. The normalized spacial score (nSPS) is 10.9. The standard InChI is InChI=1S/C21H21ClN4O3/c1-14-19(20(22)26(25-14)13-15-7-5-4-6-8-15)12-23-24-21(27)16-9-17(28-2)11-18(10-16)29-3/h4-12H,13H2,1-3H3,(H,24,27)/b23-12-. The predicted octanol–water partition coefficient (Wildman–Crippen LogP) is 3.67. The van der Waals surface area contributed by atoms with Gasteiger partial charge in [0.1, 0.15) is 16.7 Å². The summed E-state index contributed by atoms with van der Waals surface area (Å²) in [5, 5.41) is 8.93. The Morgan fingerprint density at radius 1 is 1.17 bits per heavy atom. The van der Waals surface area contributed by atoms with E-state index in [9.17, 15) is 4.79 Å². The lowest BCUT2D eigenvalue weighted by Gasteiger charge is -2.07. The van der Waals surface area contributed by atoms with Crippen LogP contribution in [0.1, 0.15) is 27.2 Å². The molecule has 1 heterocycles. The first kappa shape index (κ1) is 20.4. The van der Waals surface area contributed by atoms with Crippen molar-refractivity contribution in [3.8, 4) is 11.5 Å². The van der Waals surface area contributed by atoms with Crippen LogP contribution in [0.15, 0.2) is 53.6 Å². The zero-order valence-corrected chi connectivity index (χ0v) is 17.1. The van der Waals surface area contributed by atoms with E-state index >= 15 is 0 Å². The number of halogens is 1. The number of hydrogen-bond acceptors (Lipinski definition) is 5. The smallest absolute Gasteiger partial charge is 0.271 e. The van der Waals surface area contributed by atoms with Gasteiger partial charge in [0.2, 0.25) is 0 Å². The molecule has 3 rings (SSSR count). The van der Waals surface area contributed by atoms with Crippen molar-refractivity contribution in [1.29, 1.82) is 0 Å². The summed E-state index contributed by atoms with van der Waals surface area (Å²) >= 11 is 6.45. The molecule has 7 nitrogen and oxygen atoms in total. The number of rotatable bonds is 7. The first-order valence-electron chi connectivity index (χ1n) is 8.85. The fraction of sp³-hybridized carbons (Fsp3) is 0.190. The number of nitrogens with one attached hydrogen (secondary N) is 1. The van der Waals surface area contributed by atoms with Gasteiger partial charge in [-0.15, -0.1) is 0 Å². The molecule has 0 saturated carbocycles. The third-order valence-electron chi connectivity index (χ3n) is 4.26. The molecule has 2 aromatic carbocycles. The number of ether oxygens (including phenoxy) is 2. The quantitative estimate of drug-likeness (QED) is 0.474. The van der Waals surface area contributed by atoms with Crippen LogP contribution in [0.2, 0.25) is 5.15 Å². The van der Waals surface area contributed by atoms with E-state index in [1.165, 1.54) is 20.4 Å². The van der Waals surface area contributed by atoms with Gasteiger partial charge in [0.15, 0.2) is 0 Å². The maximum absolute atomic E-state index is 12.4. The van der Waals surface area contributed by atoms with Gasteiger partial charge >= 0.3 is 0 Å². The van der Waals surface area contributed by atoms with Gasteiger partial charge in [0.05, 0.1) is 38.2 Å². The number of amides is 1. The molecule has 0 aliphatic rings. The van der Waals surface area contributed by atoms with Gasteiger partial charge in [0.25, 0.3) is 5.91 Å². The second-order valence-corrected chi connectivity index (χ2v) is 6.59. The third kappa shape index (κ3) is 4.94. The highest BCUT2D eigenvalue weighted by molar-refractivity contribution is 6.32. The number of aromatic nitrogens is 2. The summed E-state index contributed by atoms with van der Waals surface area (Å²) in [6.45, 7) is 2.38. The van der Waals surface area contributed by atoms with Gasteiger partial charge in [-0.05, 0) is 24.6 Å². The molecule has 0 saturated heterocycles. The maximum Gasteiger partial charge on any atom is 0.271 e. The number of methoxy groups -OCH3 is 2. The average molecular weight is 413 g/mol. The Balaban J connectivity index is 1.73. The predicted molar refractivity (Wildman–Crippen MR) is 112 cm³/mol. The summed E-state index contributed by atoms with van der Waals surface area (Å²) in [4.78, 5) is 12.4. The molecule has 3 aromatic rings. The molecule has 0 aliphatic heterocycles. The minimum Gasteiger partial charge on any atom is -0.497 e. The van der Waals surface area contributed by atoms with Gasteiger partial charge in [-0.2, -0.15) is 10.2 Å². The highest BCUT2D eigenvalue weighted by atomic mass is 35.5. The van der Waals surface area contributed by atoms with E-state index < -0.39 is 5.91 Å². The number of carbonyl (C=O) groups is 1. The number of aryl methyl sites for hydroxylation is 1. The number of hydrazone groups is 1. The summed E-state index contributed by atoms with van der Waals surface area (Å²) in [5.74, 6) is 0.628. The number of nitrogens with zero attached hydrogens (tertiary/aromatic N) is 3. The number of benzene rings is 2. The molecular weight excluding hydrogens is 392 g/mol. The Hall–Kier alpha value is -3.32. The lowest BCUT2D eigenvalue weighted by molar-refractivity contribution is 0.0954. The second kappa shape index (κ2) is 9.25. The topological polar surface area (TPSA) is 77.7 Å². The molecule has 0 aliphatic carbocycles. The molecule has 0 radical (unpaired) electrons. The molecule has 1 amide bonds. The Labute approximate surface area is 173 Å². The van der Waals surface area contributed by atoms with Crippen molar-refractivity contribution in [2.45, 2.75) is 13.5 Å². The largest absolute Gasteiger partial charge is 0.497 e. The first-order valence-corrected chi connectivity index (χ1v) is 9.23. The van der Waals surface area contributed by atoms with Crippen molar-refractivity contribution >= 4 is 23.7 Å². The van der Waals surface area contributed by atoms with E-state index in [0.29, 0.717) is 40.0 Å². The summed E-state index contributed by atoms with van der Waals surface area (Å²) in [6.07, 6.45) is 1.49. The zero-order valence-electron chi connectivity index (χ0n) is 16.3. The van der Waals surface area contributed by atoms with Gasteiger partial charge < -0.3 is 9.47 Å². The molecule has 150 valence electrons. The van der Waals surface area contributed by atoms with Gasteiger partial charge in [-0.25, -0.2) is 10.1 Å². The van der Waals surface area contributed by atoms with Gasteiger partial charge in [0, 0.05) is 11.6 Å². The number of carbonyl (C=O) groups excluding carboxylic acids is 1. The molecule has 0 unspecified atom stereocenters. The van der Waals surface area contributed by atoms with Gasteiger partial charge in [-0.3, -0.25) is 4.79 Å². The van der Waals surface area contributed by atoms with E-state index in [-0.39, 0.29) is 0 Å². The fourth-order valence-corrected chi connectivity index (χ4v) is 3.02. The lowest BCUT2D eigenvalue weighted by atomic mass is 10.2. The fourth-order valence-electron chi connectivity index (χ4n) is 2.73. The van der Waals surface area contributed by atoms with Crippen LogP contribution in [-0.2, 0) is 6.54 Å². The van der Waals surface area contributed by atoms with Crippen molar-refractivity contribution in [3.63, 3.8) is 0 Å². The van der Waals surface area contributed by atoms with Crippen molar-refractivity contribution < 1.29 is 14.3 Å². The first-order chi connectivity index (χ1) is 14.0. The second-order valence-electron chi connectivity index (χ2n) is 6.23. The van der Waals surface area contributed by atoms with Gasteiger partial charge in [-0.1, -0.05) is 41.9 Å². The molecule has 1 aromatic heterocycles. The van der Waals surface area contributed by atoms with E-state index in [1.54, 1.807) is 22.9 Å². The molecular formula is C21H21ClN4O3. The van der Waals surface area contributed by atoms with E-state index in [2.05, 4.69) is 15.6 Å². The highest BCUT2D eigenvalue weighted by Gasteiger charge is 2.13. The van der Waals surface area contributed by atoms with Crippen molar-refractivity contribution in [2.24, 2.45) is 5.10 Å². The molecule has 0 fully saturated rings. The minimum absolute atomic E-state index is 0.362. The van der Waals surface area contributed by atoms with E-state index in [4.69, 9.17) is 21.1 Å². The van der Waals surface area contributed by atoms with Crippen molar-refractivity contribution in [1.82, 2.24) is 15.2 Å². The van der Waals surface area contributed by atoms with Crippen LogP contribution < -0.4 is 14.9 Å². The maximum atomic E-state index is 12.4. The molecule has 8 heteroatoms. The molecule has 0 bridgehead atoms. The van der Waals surface area contributed by atoms with E-state index in [1.807, 2.05) is 37.3 Å². The third-order valence-corrected chi connectivity index (χ3v) is 4.66. The van der Waals surface area contributed by atoms with Crippen LogP contribution in [0.25, 0.3) is 0 Å². The SMILES string of the molecule is COc1cc(OC)cc(C(=O)N/N=C\c2c(C)nn(Cc3ccccc3)c2Cl)c1. The lowest BCUT2D eigenvalue weighted by Crippen LogP contribution is -2.17.